The summed E-state index contributed by atoms with van der Waals surface area (Å²) >= 11 is 0. The van der Waals surface area contributed by atoms with Crippen LogP contribution in [0.4, 0.5) is 10.5 Å². The van der Waals surface area contributed by atoms with E-state index in [1.807, 2.05) is 0 Å². The Labute approximate surface area is 138 Å². The largest absolute Gasteiger partial charge is 0.338 e. The molecule has 0 atom stereocenters. The smallest absolute Gasteiger partial charge is 0.315 e. The summed E-state index contributed by atoms with van der Waals surface area (Å²) < 4.78 is 0. The third kappa shape index (κ3) is 8.77. The maximum atomic E-state index is 11.1. The van der Waals surface area contributed by atoms with Crippen molar-refractivity contribution < 1.29 is 9.72 Å². The molecule has 1 aromatic rings. The molecule has 1 aromatic carbocycles. The fraction of sp³-hybridized carbons (Fsp3) is 0.562. The second kappa shape index (κ2) is 12.4. The van der Waals surface area contributed by atoms with Gasteiger partial charge in [-0.2, -0.15) is 0 Å². The number of carbonyl (C=O) groups is 1. The van der Waals surface area contributed by atoms with Crippen LogP contribution in [0.15, 0.2) is 24.3 Å². The molecule has 0 radical (unpaired) electrons. The highest BCUT2D eigenvalue weighted by Gasteiger charge is 2.12. The highest BCUT2D eigenvalue weighted by atomic mass is 16.6. The molecule has 2 amide bonds. The molecule has 0 aliphatic heterocycles. The Balaban J connectivity index is 0.000000585. The van der Waals surface area contributed by atoms with Crippen LogP contribution in [-0.4, -0.2) is 42.0 Å². The molecule has 0 aromatic heterocycles. The molecule has 2 N–H and O–H groups in total. The number of rotatable bonds is 7. The van der Waals surface area contributed by atoms with Gasteiger partial charge in [0.15, 0.2) is 0 Å². The van der Waals surface area contributed by atoms with E-state index >= 15 is 0 Å². The van der Waals surface area contributed by atoms with Crippen molar-refractivity contribution in [1.82, 2.24) is 15.5 Å². The number of urea groups is 1. The van der Waals surface area contributed by atoms with Gasteiger partial charge >= 0.3 is 6.03 Å². The van der Waals surface area contributed by atoms with Gasteiger partial charge in [-0.15, -0.1) is 0 Å². The maximum absolute atomic E-state index is 11.1. The first-order valence-electron chi connectivity index (χ1n) is 7.96. The fourth-order valence-corrected chi connectivity index (χ4v) is 1.91. The fourth-order valence-electron chi connectivity index (χ4n) is 1.91. The predicted octanol–water partition coefficient (Wildman–Crippen LogP) is 2.76. The maximum Gasteiger partial charge on any atom is 0.315 e. The van der Waals surface area contributed by atoms with Crippen molar-refractivity contribution in [1.29, 1.82) is 0 Å². The molecule has 7 nitrogen and oxygen atoms in total. The number of hydrogen-bond acceptors (Lipinski definition) is 4. The van der Waals surface area contributed by atoms with Gasteiger partial charge in [0.1, 0.15) is 0 Å². The molecule has 0 fully saturated rings. The number of amides is 2. The lowest BCUT2D eigenvalue weighted by molar-refractivity contribution is -0.385. The van der Waals surface area contributed by atoms with Gasteiger partial charge in [0.25, 0.3) is 5.69 Å². The van der Waals surface area contributed by atoms with Crippen LogP contribution in [0.25, 0.3) is 0 Å². The molecule has 0 unspecified atom stereocenters. The van der Waals surface area contributed by atoms with E-state index in [-0.39, 0.29) is 18.3 Å². The average Bonchev–Trinajstić information content (AvgIpc) is 2.55. The average molecular weight is 324 g/mol. The van der Waals surface area contributed by atoms with Crippen molar-refractivity contribution in [2.24, 2.45) is 0 Å². The van der Waals surface area contributed by atoms with E-state index in [1.54, 1.807) is 25.1 Å². The van der Waals surface area contributed by atoms with Crippen molar-refractivity contribution in [3.8, 4) is 0 Å². The topological polar surface area (TPSA) is 87.5 Å². The number of nitrogens with one attached hydrogen (secondary N) is 2. The third-order valence-corrected chi connectivity index (χ3v) is 3.31. The zero-order valence-corrected chi connectivity index (χ0v) is 14.5. The SMILES string of the molecule is CCN(CC)CC.CCNC(=O)NCc1ccccc1[N+](=O)[O-]. The molecule has 0 spiro atoms. The second-order valence-corrected chi connectivity index (χ2v) is 4.72. The molecular formula is C16H28N4O3. The Morgan fingerprint density at radius 1 is 1.09 bits per heavy atom. The van der Waals surface area contributed by atoms with Gasteiger partial charge in [0.2, 0.25) is 0 Å². The van der Waals surface area contributed by atoms with Crippen LogP contribution < -0.4 is 10.6 Å². The number of para-hydroxylation sites is 1. The molecule has 0 aliphatic rings. The van der Waals surface area contributed by atoms with Crippen molar-refractivity contribution in [2.75, 3.05) is 26.2 Å². The van der Waals surface area contributed by atoms with E-state index in [1.165, 1.54) is 25.7 Å². The van der Waals surface area contributed by atoms with E-state index in [0.717, 1.165) is 0 Å². The van der Waals surface area contributed by atoms with Crippen LogP contribution in [-0.2, 0) is 6.54 Å². The Hall–Kier alpha value is -2.15. The summed E-state index contributed by atoms with van der Waals surface area (Å²) in [5, 5.41) is 15.8. The van der Waals surface area contributed by atoms with Gasteiger partial charge in [0.05, 0.1) is 11.5 Å². The van der Waals surface area contributed by atoms with Crippen LogP contribution in [0.2, 0.25) is 0 Å². The molecule has 7 heteroatoms. The van der Waals surface area contributed by atoms with Gasteiger partial charge in [-0.3, -0.25) is 10.1 Å². The van der Waals surface area contributed by atoms with Gasteiger partial charge < -0.3 is 15.5 Å². The minimum Gasteiger partial charge on any atom is -0.338 e. The summed E-state index contributed by atoms with van der Waals surface area (Å²) in [5.74, 6) is 0. The van der Waals surface area contributed by atoms with E-state index in [2.05, 4.69) is 36.3 Å². The number of benzene rings is 1. The Bertz CT molecular complexity index is 471. The molecule has 130 valence electrons. The first kappa shape index (κ1) is 20.9. The minimum absolute atomic E-state index is 0.0132. The van der Waals surface area contributed by atoms with Crippen LogP contribution in [0.3, 0.4) is 0 Å². The Morgan fingerprint density at radius 2 is 1.65 bits per heavy atom. The highest BCUT2D eigenvalue weighted by Crippen LogP contribution is 2.16. The summed E-state index contributed by atoms with van der Waals surface area (Å²) in [7, 11) is 0. The lowest BCUT2D eigenvalue weighted by Gasteiger charge is -2.13. The van der Waals surface area contributed by atoms with E-state index in [4.69, 9.17) is 0 Å². The molecule has 0 aliphatic carbocycles. The molecule has 0 saturated carbocycles. The molecule has 0 heterocycles. The van der Waals surface area contributed by atoms with Gasteiger partial charge in [-0.1, -0.05) is 39.0 Å². The van der Waals surface area contributed by atoms with Crippen LogP contribution >= 0.6 is 0 Å². The van der Waals surface area contributed by atoms with Crippen molar-refractivity contribution >= 4 is 11.7 Å². The zero-order chi connectivity index (χ0) is 17.7. The predicted molar refractivity (Wildman–Crippen MR) is 92.5 cm³/mol. The number of carbonyl (C=O) groups excluding carboxylic acids is 1. The molecular weight excluding hydrogens is 296 g/mol. The first-order chi connectivity index (χ1) is 11.0. The zero-order valence-electron chi connectivity index (χ0n) is 14.5. The Morgan fingerprint density at radius 3 is 2.09 bits per heavy atom. The van der Waals surface area contributed by atoms with E-state index in [0.29, 0.717) is 12.1 Å². The van der Waals surface area contributed by atoms with Gasteiger partial charge in [-0.05, 0) is 26.6 Å². The van der Waals surface area contributed by atoms with Gasteiger partial charge in [-0.25, -0.2) is 4.79 Å². The monoisotopic (exact) mass is 324 g/mol. The summed E-state index contributed by atoms with van der Waals surface area (Å²) in [6, 6.07) is 5.98. The normalized spacial score (nSPS) is 9.78. The minimum atomic E-state index is -0.464. The lowest BCUT2D eigenvalue weighted by Crippen LogP contribution is -2.34. The molecule has 23 heavy (non-hydrogen) atoms. The molecule has 0 bridgehead atoms. The lowest BCUT2D eigenvalue weighted by atomic mass is 10.2. The summed E-state index contributed by atoms with van der Waals surface area (Å²) in [6.07, 6.45) is 0. The first-order valence-corrected chi connectivity index (χ1v) is 7.96. The number of hydrogen-bond donors (Lipinski definition) is 2. The van der Waals surface area contributed by atoms with Crippen LogP contribution in [0.1, 0.15) is 33.3 Å². The van der Waals surface area contributed by atoms with Gasteiger partial charge in [0, 0.05) is 18.2 Å². The molecule has 0 saturated heterocycles. The van der Waals surface area contributed by atoms with E-state index in [9.17, 15) is 14.9 Å². The van der Waals surface area contributed by atoms with Crippen molar-refractivity contribution in [2.45, 2.75) is 34.2 Å². The Kier molecular flexibility index (Phi) is 11.2. The summed E-state index contributed by atoms with van der Waals surface area (Å²) in [5.41, 5.74) is 0.498. The summed E-state index contributed by atoms with van der Waals surface area (Å²) in [4.78, 5) is 23.7. The van der Waals surface area contributed by atoms with Crippen molar-refractivity contribution in [3.05, 3.63) is 39.9 Å². The number of nitrogens with zero attached hydrogens (tertiary/aromatic N) is 2. The third-order valence-electron chi connectivity index (χ3n) is 3.31. The number of nitro groups is 1. The second-order valence-electron chi connectivity index (χ2n) is 4.72. The standard InChI is InChI=1S/C10H13N3O3.C6H15N/c1-2-11-10(14)12-7-8-5-3-4-6-9(8)13(15)16;1-4-7(5-2)6-3/h3-6H,2,7H2,1H3,(H2,11,12,14);4-6H2,1-3H3. The summed E-state index contributed by atoms with van der Waals surface area (Å²) in [6.45, 7) is 12.6. The van der Waals surface area contributed by atoms with Crippen LogP contribution in [0, 0.1) is 10.1 Å². The van der Waals surface area contributed by atoms with Crippen molar-refractivity contribution in [3.63, 3.8) is 0 Å². The highest BCUT2D eigenvalue weighted by molar-refractivity contribution is 5.73. The molecule has 1 rings (SSSR count). The van der Waals surface area contributed by atoms with Crippen LogP contribution in [0.5, 0.6) is 0 Å². The quantitative estimate of drug-likeness (QED) is 0.596. The van der Waals surface area contributed by atoms with E-state index < -0.39 is 4.92 Å². The number of nitro benzene ring substituents is 1.